The van der Waals surface area contributed by atoms with Crippen LogP contribution in [0, 0.1) is 0 Å². The number of hydrogen-bond acceptors (Lipinski definition) is 4. The highest BCUT2D eigenvalue weighted by molar-refractivity contribution is 7.13. The highest BCUT2D eigenvalue weighted by Gasteiger charge is 2.26. The van der Waals surface area contributed by atoms with Crippen LogP contribution in [0.1, 0.15) is 23.2 Å². The molecule has 1 fully saturated rings. The second-order valence-corrected chi connectivity index (χ2v) is 7.02. The van der Waals surface area contributed by atoms with Crippen LogP contribution in [0.3, 0.4) is 0 Å². The molecule has 1 aromatic carbocycles. The molecule has 1 unspecified atom stereocenters. The molecule has 0 bridgehead atoms. The van der Waals surface area contributed by atoms with E-state index in [4.69, 9.17) is 0 Å². The number of nitrogens with zero attached hydrogens (tertiary/aromatic N) is 3. The maximum Gasteiger partial charge on any atom is 0.251 e. The topological polar surface area (TPSA) is 50.2 Å². The lowest BCUT2D eigenvalue weighted by Crippen LogP contribution is -2.40. The molecular formula is C19H20N4OS. The molecular weight excluding hydrogens is 332 g/mol. The maximum atomic E-state index is 12.4. The van der Waals surface area contributed by atoms with E-state index in [0.29, 0.717) is 18.2 Å². The number of carbonyl (C=O) groups excluding carboxylic acids is 1. The third kappa shape index (κ3) is 3.44. The molecule has 3 heterocycles. The fourth-order valence-electron chi connectivity index (χ4n) is 3.26. The van der Waals surface area contributed by atoms with Gasteiger partial charge in [-0.1, -0.05) is 0 Å². The van der Waals surface area contributed by atoms with Crippen LogP contribution in [0.15, 0.2) is 60.4 Å². The van der Waals surface area contributed by atoms with Gasteiger partial charge in [0, 0.05) is 54.4 Å². The van der Waals surface area contributed by atoms with Crippen LogP contribution >= 0.6 is 11.3 Å². The van der Waals surface area contributed by atoms with E-state index in [-0.39, 0.29) is 5.91 Å². The number of hydrogen-bond donors (Lipinski definition) is 1. The van der Waals surface area contributed by atoms with Gasteiger partial charge in [0.25, 0.3) is 5.91 Å². The second kappa shape index (κ2) is 7.11. The average molecular weight is 352 g/mol. The monoisotopic (exact) mass is 352 g/mol. The molecule has 0 aliphatic carbocycles. The Kier molecular flexibility index (Phi) is 4.52. The Bertz CT molecular complexity index is 812. The van der Waals surface area contributed by atoms with Crippen LogP contribution in [-0.4, -0.2) is 34.6 Å². The van der Waals surface area contributed by atoms with Crippen LogP contribution in [0.2, 0.25) is 0 Å². The van der Waals surface area contributed by atoms with Crippen LogP contribution in [0.25, 0.3) is 5.69 Å². The van der Waals surface area contributed by atoms with E-state index in [1.807, 2.05) is 64.9 Å². The number of amides is 1. The van der Waals surface area contributed by atoms with Crippen molar-refractivity contribution >= 4 is 22.4 Å². The third-order valence-corrected chi connectivity index (χ3v) is 5.38. The third-order valence-electron chi connectivity index (χ3n) is 4.57. The SMILES string of the molecule is O=C(NCC1CCCN1c1nccs1)c1ccc(-n2cccc2)cc1. The molecule has 0 radical (unpaired) electrons. The van der Waals surface area contributed by atoms with Crippen molar-refractivity contribution in [3.05, 3.63) is 65.9 Å². The number of anilines is 1. The molecule has 0 spiro atoms. The van der Waals surface area contributed by atoms with Gasteiger partial charge < -0.3 is 14.8 Å². The van der Waals surface area contributed by atoms with Gasteiger partial charge in [0.2, 0.25) is 0 Å². The van der Waals surface area contributed by atoms with E-state index >= 15 is 0 Å². The minimum Gasteiger partial charge on any atom is -0.350 e. The van der Waals surface area contributed by atoms with E-state index in [1.165, 1.54) is 0 Å². The molecule has 1 atom stereocenters. The molecule has 1 aliphatic heterocycles. The lowest BCUT2D eigenvalue weighted by atomic mass is 10.1. The van der Waals surface area contributed by atoms with Crippen molar-refractivity contribution in [2.45, 2.75) is 18.9 Å². The molecule has 1 amide bonds. The summed E-state index contributed by atoms with van der Waals surface area (Å²) in [6.07, 6.45) is 8.04. The summed E-state index contributed by atoms with van der Waals surface area (Å²) in [5.41, 5.74) is 1.74. The van der Waals surface area contributed by atoms with E-state index in [1.54, 1.807) is 11.3 Å². The Labute approximate surface area is 150 Å². The molecule has 1 N–H and O–H groups in total. The molecule has 4 rings (SSSR count). The van der Waals surface area contributed by atoms with Crippen LogP contribution in [0.4, 0.5) is 5.13 Å². The summed E-state index contributed by atoms with van der Waals surface area (Å²) in [5.74, 6) is -0.0231. The van der Waals surface area contributed by atoms with E-state index in [9.17, 15) is 4.79 Å². The Hall–Kier alpha value is -2.60. The quantitative estimate of drug-likeness (QED) is 0.766. The second-order valence-electron chi connectivity index (χ2n) is 6.15. The van der Waals surface area contributed by atoms with Gasteiger partial charge in [-0.15, -0.1) is 11.3 Å². The number of thiazole rings is 1. The van der Waals surface area contributed by atoms with E-state index in [2.05, 4.69) is 15.2 Å². The highest BCUT2D eigenvalue weighted by atomic mass is 32.1. The normalized spacial score (nSPS) is 17.0. The summed E-state index contributed by atoms with van der Waals surface area (Å²) in [4.78, 5) is 19.1. The first-order chi connectivity index (χ1) is 12.3. The molecule has 0 saturated carbocycles. The molecule has 6 heteroatoms. The largest absolute Gasteiger partial charge is 0.350 e. The maximum absolute atomic E-state index is 12.4. The molecule has 128 valence electrons. The zero-order valence-electron chi connectivity index (χ0n) is 13.8. The number of nitrogens with one attached hydrogen (secondary N) is 1. The summed E-state index contributed by atoms with van der Waals surface area (Å²) in [6, 6.07) is 12.0. The van der Waals surface area contributed by atoms with Gasteiger partial charge in [-0.25, -0.2) is 4.98 Å². The van der Waals surface area contributed by atoms with Crippen molar-refractivity contribution in [3.8, 4) is 5.69 Å². The Morgan fingerprint density at radius 2 is 2.04 bits per heavy atom. The molecule has 1 aliphatic rings. The number of rotatable bonds is 5. The van der Waals surface area contributed by atoms with Gasteiger partial charge >= 0.3 is 0 Å². The fourth-order valence-corrected chi connectivity index (χ4v) is 4.00. The predicted molar refractivity (Wildman–Crippen MR) is 101 cm³/mol. The van der Waals surface area contributed by atoms with Gasteiger partial charge in [0.15, 0.2) is 5.13 Å². The van der Waals surface area contributed by atoms with Gasteiger partial charge in [-0.2, -0.15) is 0 Å². The van der Waals surface area contributed by atoms with Crippen LogP contribution < -0.4 is 10.2 Å². The van der Waals surface area contributed by atoms with Gasteiger partial charge in [0.05, 0.1) is 0 Å². The first-order valence-corrected chi connectivity index (χ1v) is 9.37. The van der Waals surface area contributed by atoms with Crippen LogP contribution in [0.5, 0.6) is 0 Å². The Morgan fingerprint density at radius 3 is 2.76 bits per heavy atom. The van der Waals surface area contributed by atoms with Crippen molar-refractivity contribution in [2.75, 3.05) is 18.0 Å². The number of aromatic nitrogens is 2. The van der Waals surface area contributed by atoms with Crippen molar-refractivity contribution in [1.29, 1.82) is 0 Å². The summed E-state index contributed by atoms with van der Waals surface area (Å²) in [7, 11) is 0. The summed E-state index contributed by atoms with van der Waals surface area (Å²) < 4.78 is 2.02. The van der Waals surface area contributed by atoms with Crippen molar-refractivity contribution in [1.82, 2.24) is 14.9 Å². The zero-order valence-corrected chi connectivity index (χ0v) is 14.7. The lowest BCUT2D eigenvalue weighted by molar-refractivity contribution is 0.0951. The Morgan fingerprint density at radius 1 is 1.24 bits per heavy atom. The molecule has 3 aromatic rings. The van der Waals surface area contributed by atoms with Gasteiger partial charge in [-0.3, -0.25) is 4.79 Å². The average Bonchev–Trinajstić information content (AvgIpc) is 3.41. The van der Waals surface area contributed by atoms with Crippen molar-refractivity contribution < 1.29 is 4.79 Å². The van der Waals surface area contributed by atoms with E-state index in [0.717, 1.165) is 30.2 Å². The first kappa shape index (κ1) is 15.9. The minimum absolute atomic E-state index is 0.0231. The van der Waals surface area contributed by atoms with Gasteiger partial charge in [0.1, 0.15) is 0 Å². The smallest absolute Gasteiger partial charge is 0.251 e. The fraction of sp³-hybridized carbons (Fsp3) is 0.263. The number of benzene rings is 1. The van der Waals surface area contributed by atoms with Crippen molar-refractivity contribution in [2.24, 2.45) is 0 Å². The summed E-state index contributed by atoms with van der Waals surface area (Å²) >= 11 is 1.65. The Balaban J connectivity index is 1.37. The lowest BCUT2D eigenvalue weighted by Gasteiger charge is -2.24. The van der Waals surface area contributed by atoms with Crippen molar-refractivity contribution in [3.63, 3.8) is 0 Å². The molecule has 5 nitrogen and oxygen atoms in total. The molecule has 1 saturated heterocycles. The van der Waals surface area contributed by atoms with Crippen LogP contribution in [-0.2, 0) is 0 Å². The first-order valence-electron chi connectivity index (χ1n) is 8.49. The molecule has 25 heavy (non-hydrogen) atoms. The summed E-state index contributed by atoms with van der Waals surface area (Å²) in [6.45, 7) is 1.66. The number of carbonyl (C=O) groups is 1. The standard InChI is InChI=1S/C19H20N4OS/c24-18(15-5-7-16(8-6-15)22-10-1-2-11-22)21-14-17-4-3-12-23(17)19-20-9-13-25-19/h1-2,5-11,13,17H,3-4,12,14H2,(H,21,24). The van der Waals surface area contributed by atoms with E-state index < -0.39 is 0 Å². The highest BCUT2D eigenvalue weighted by Crippen LogP contribution is 2.26. The predicted octanol–water partition coefficient (Wildman–Crippen LogP) is 3.33. The van der Waals surface area contributed by atoms with Gasteiger partial charge in [-0.05, 0) is 49.2 Å². The molecule has 2 aromatic heterocycles. The summed E-state index contributed by atoms with van der Waals surface area (Å²) in [5, 5.41) is 6.12. The minimum atomic E-state index is -0.0231. The zero-order chi connectivity index (χ0) is 17.1.